The molecule has 1 amide bonds. The molecule has 0 aromatic heterocycles. The zero-order valence-corrected chi connectivity index (χ0v) is 11.5. The van der Waals surface area contributed by atoms with Gasteiger partial charge in [-0.2, -0.15) is 0 Å². The van der Waals surface area contributed by atoms with E-state index < -0.39 is 0 Å². The van der Waals surface area contributed by atoms with E-state index >= 15 is 0 Å². The van der Waals surface area contributed by atoms with Crippen molar-refractivity contribution >= 4 is 27.5 Å². The van der Waals surface area contributed by atoms with Crippen molar-refractivity contribution in [3.8, 4) is 0 Å². The quantitative estimate of drug-likeness (QED) is 0.789. The van der Waals surface area contributed by atoms with Crippen molar-refractivity contribution in [1.82, 2.24) is 0 Å². The number of amides is 1. The van der Waals surface area contributed by atoms with Gasteiger partial charge in [0.1, 0.15) is 0 Å². The van der Waals surface area contributed by atoms with E-state index in [0.717, 1.165) is 21.3 Å². The van der Waals surface area contributed by atoms with E-state index in [1.165, 1.54) is 0 Å². The number of carbonyl (C=O) groups is 1. The van der Waals surface area contributed by atoms with Gasteiger partial charge in [0, 0.05) is 17.2 Å². The van der Waals surface area contributed by atoms with Gasteiger partial charge in [-0.25, -0.2) is 0 Å². The summed E-state index contributed by atoms with van der Waals surface area (Å²) in [5.41, 5.74) is 3.14. The maximum Gasteiger partial charge on any atom is 0.238 e. The summed E-state index contributed by atoms with van der Waals surface area (Å²) >= 11 is 3.42. The lowest BCUT2D eigenvalue weighted by Crippen LogP contribution is -2.24. The number of carbonyl (C=O) groups excluding carboxylic acids is 1. The van der Waals surface area contributed by atoms with Crippen molar-refractivity contribution in [3.63, 3.8) is 0 Å². The first-order chi connectivity index (χ1) is 8.68. The van der Waals surface area contributed by atoms with Crippen LogP contribution in [0.25, 0.3) is 0 Å². The van der Waals surface area contributed by atoms with Gasteiger partial charge < -0.3 is 4.90 Å². The minimum absolute atomic E-state index is 0.138. The van der Waals surface area contributed by atoms with Crippen LogP contribution in [0.2, 0.25) is 0 Å². The highest BCUT2D eigenvalue weighted by atomic mass is 79.9. The van der Waals surface area contributed by atoms with E-state index in [4.69, 9.17) is 0 Å². The van der Waals surface area contributed by atoms with Crippen molar-refractivity contribution in [2.24, 2.45) is 0 Å². The van der Waals surface area contributed by atoms with Crippen LogP contribution >= 0.6 is 15.9 Å². The zero-order chi connectivity index (χ0) is 12.7. The molecule has 2 aromatic rings. The Morgan fingerprint density at radius 3 is 2.44 bits per heavy atom. The highest BCUT2D eigenvalue weighted by Crippen LogP contribution is 2.40. The van der Waals surface area contributed by atoms with Gasteiger partial charge in [-0.1, -0.05) is 46.3 Å². The molecule has 1 aliphatic heterocycles. The van der Waals surface area contributed by atoms with Crippen LogP contribution in [0, 0.1) is 0 Å². The van der Waals surface area contributed by atoms with E-state index in [2.05, 4.69) is 15.9 Å². The minimum atomic E-state index is -0.167. The van der Waals surface area contributed by atoms with Crippen LogP contribution in [-0.4, -0.2) is 13.0 Å². The summed E-state index contributed by atoms with van der Waals surface area (Å²) in [4.78, 5) is 14.1. The summed E-state index contributed by atoms with van der Waals surface area (Å²) in [5.74, 6) is -0.0298. The maximum atomic E-state index is 12.4. The fourth-order valence-corrected chi connectivity index (χ4v) is 2.72. The molecule has 0 saturated carbocycles. The van der Waals surface area contributed by atoms with E-state index in [-0.39, 0.29) is 11.8 Å². The summed E-state index contributed by atoms with van der Waals surface area (Å²) in [6.45, 7) is 0. The Balaban J connectivity index is 2.13. The summed E-state index contributed by atoms with van der Waals surface area (Å²) < 4.78 is 1.03. The standard InChI is InChI=1S/C15H12BrNO/c1-17-13-5-3-2-4-12(13)14(15(17)18)10-6-8-11(16)9-7-10/h2-9,14H,1H3. The average Bonchev–Trinajstić information content (AvgIpc) is 2.64. The Kier molecular flexibility index (Phi) is 2.71. The molecule has 0 aliphatic carbocycles. The molecule has 1 atom stereocenters. The summed E-state index contributed by atoms with van der Waals surface area (Å²) in [5, 5.41) is 0. The summed E-state index contributed by atoms with van der Waals surface area (Å²) in [6, 6.07) is 15.9. The van der Waals surface area contributed by atoms with E-state index in [9.17, 15) is 4.79 Å². The molecular formula is C15H12BrNO. The second kappa shape index (κ2) is 4.25. The van der Waals surface area contributed by atoms with Gasteiger partial charge in [0.15, 0.2) is 0 Å². The van der Waals surface area contributed by atoms with Crippen molar-refractivity contribution in [2.45, 2.75) is 5.92 Å². The fourth-order valence-electron chi connectivity index (χ4n) is 2.46. The molecule has 1 unspecified atom stereocenters. The molecule has 0 bridgehead atoms. The maximum absolute atomic E-state index is 12.4. The van der Waals surface area contributed by atoms with Crippen LogP contribution in [0.3, 0.4) is 0 Å². The molecule has 90 valence electrons. The highest BCUT2D eigenvalue weighted by Gasteiger charge is 2.35. The number of hydrogen-bond acceptors (Lipinski definition) is 1. The molecule has 0 radical (unpaired) electrons. The van der Waals surface area contributed by atoms with Gasteiger partial charge in [0.05, 0.1) is 5.92 Å². The number of anilines is 1. The Bertz CT molecular complexity index is 606. The molecule has 0 fully saturated rings. The van der Waals surface area contributed by atoms with Gasteiger partial charge in [0.2, 0.25) is 5.91 Å². The van der Waals surface area contributed by atoms with Crippen molar-refractivity contribution in [3.05, 3.63) is 64.1 Å². The second-order valence-electron chi connectivity index (χ2n) is 4.44. The Labute approximate surface area is 114 Å². The molecule has 3 rings (SSSR count). The molecule has 1 heterocycles. The number of fused-ring (bicyclic) bond motifs is 1. The lowest BCUT2D eigenvalue weighted by molar-refractivity contribution is -0.118. The fraction of sp³-hybridized carbons (Fsp3) is 0.133. The molecule has 2 nitrogen and oxygen atoms in total. The molecule has 1 aliphatic rings. The summed E-state index contributed by atoms with van der Waals surface area (Å²) in [6.07, 6.45) is 0. The number of halogens is 1. The molecule has 0 saturated heterocycles. The van der Waals surface area contributed by atoms with Crippen LogP contribution in [0.4, 0.5) is 5.69 Å². The van der Waals surface area contributed by atoms with E-state index in [1.807, 2.05) is 55.6 Å². The molecule has 18 heavy (non-hydrogen) atoms. The third-order valence-electron chi connectivity index (χ3n) is 3.39. The van der Waals surface area contributed by atoms with Gasteiger partial charge in [-0.15, -0.1) is 0 Å². The van der Waals surface area contributed by atoms with Crippen molar-refractivity contribution in [1.29, 1.82) is 0 Å². The van der Waals surface area contributed by atoms with Gasteiger partial charge in [-0.05, 0) is 29.3 Å². The molecule has 0 spiro atoms. The van der Waals surface area contributed by atoms with Crippen molar-refractivity contribution in [2.75, 3.05) is 11.9 Å². The normalized spacial score (nSPS) is 18.0. The topological polar surface area (TPSA) is 20.3 Å². The number of rotatable bonds is 1. The SMILES string of the molecule is CN1C(=O)C(c2ccc(Br)cc2)c2ccccc21. The first kappa shape index (κ1) is 11.5. The van der Waals surface area contributed by atoms with E-state index in [0.29, 0.717) is 0 Å². The highest BCUT2D eigenvalue weighted by molar-refractivity contribution is 9.10. The monoisotopic (exact) mass is 301 g/mol. The average molecular weight is 302 g/mol. The predicted octanol–water partition coefficient (Wildman–Crippen LogP) is 3.56. The Morgan fingerprint density at radius 2 is 1.72 bits per heavy atom. The third-order valence-corrected chi connectivity index (χ3v) is 3.92. The largest absolute Gasteiger partial charge is 0.314 e. The molecule has 2 aromatic carbocycles. The smallest absolute Gasteiger partial charge is 0.238 e. The van der Waals surface area contributed by atoms with Crippen LogP contribution < -0.4 is 4.90 Å². The number of para-hydroxylation sites is 1. The predicted molar refractivity (Wildman–Crippen MR) is 75.8 cm³/mol. The zero-order valence-electron chi connectivity index (χ0n) is 9.93. The molecule has 0 N–H and O–H groups in total. The molecular weight excluding hydrogens is 290 g/mol. The first-order valence-electron chi connectivity index (χ1n) is 5.80. The van der Waals surface area contributed by atoms with Crippen molar-refractivity contribution < 1.29 is 4.79 Å². The van der Waals surface area contributed by atoms with Gasteiger partial charge in [0.25, 0.3) is 0 Å². The van der Waals surface area contributed by atoms with Gasteiger partial charge >= 0.3 is 0 Å². The number of hydrogen-bond donors (Lipinski definition) is 0. The lowest BCUT2D eigenvalue weighted by atomic mass is 9.93. The van der Waals surface area contributed by atoms with Gasteiger partial charge in [-0.3, -0.25) is 4.79 Å². The second-order valence-corrected chi connectivity index (χ2v) is 5.36. The van der Waals surface area contributed by atoms with Crippen LogP contribution in [0.5, 0.6) is 0 Å². The van der Waals surface area contributed by atoms with Crippen LogP contribution in [-0.2, 0) is 4.79 Å². The molecule has 3 heteroatoms. The first-order valence-corrected chi connectivity index (χ1v) is 6.60. The van der Waals surface area contributed by atoms with E-state index in [1.54, 1.807) is 4.90 Å². The van der Waals surface area contributed by atoms with Crippen LogP contribution in [0.1, 0.15) is 17.0 Å². The number of benzene rings is 2. The van der Waals surface area contributed by atoms with Crippen LogP contribution in [0.15, 0.2) is 53.0 Å². The Hall–Kier alpha value is -1.61. The lowest BCUT2D eigenvalue weighted by Gasteiger charge is -2.11. The minimum Gasteiger partial charge on any atom is -0.314 e. The number of nitrogens with zero attached hydrogens (tertiary/aromatic N) is 1. The Morgan fingerprint density at radius 1 is 1.06 bits per heavy atom. The summed E-state index contributed by atoms with van der Waals surface area (Å²) in [7, 11) is 1.83. The third kappa shape index (κ3) is 1.66. The number of likely N-dealkylation sites (N-methyl/N-ethyl adjacent to an activating group) is 1.